The molecule has 2 amide bonds. The number of hydrogen-bond donors (Lipinski definition) is 1. The smallest absolute Gasteiger partial charge is 0.250 e. The van der Waals surface area contributed by atoms with Crippen LogP contribution < -0.4 is 10.2 Å². The molecule has 0 aromatic heterocycles. The summed E-state index contributed by atoms with van der Waals surface area (Å²) in [6.07, 6.45) is 0.532. The first-order valence-corrected chi connectivity index (χ1v) is 7.71. The number of hydrogen-bond acceptors (Lipinski definition) is 2. The van der Waals surface area contributed by atoms with Gasteiger partial charge in [-0.3, -0.25) is 14.5 Å². The van der Waals surface area contributed by atoms with Gasteiger partial charge in [-0.15, -0.1) is 0 Å². The maximum absolute atomic E-state index is 12.7. The van der Waals surface area contributed by atoms with Crippen molar-refractivity contribution in [3.05, 3.63) is 28.2 Å². The van der Waals surface area contributed by atoms with E-state index in [1.165, 1.54) is 4.90 Å². The van der Waals surface area contributed by atoms with Crippen molar-refractivity contribution < 1.29 is 9.59 Å². The van der Waals surface area contributed by atoms with E-state index in [1.807, 2.05) is 20.8 Å². The lowest BCUT2D eigenvalue weighted by molar-refractivity contribution is -0.134. The molecule has 0 spiro atoms. The molecule has 2 unspecified atom stereocenters. The number of nitrogens with one attached hydrogen (secondary N) is 1. The zero-order valence-electron chi connectivity index (χ0n) is 12.2. The molecular formula is C15H18Cl2N2O2. The average Bonchev–Trinajstić information content (AvgIpc) is 2.43. The summed E-state index contributed by atoms with van der Waals surface area (Å²) in [5.74, 6) is -0.353. The third-order valence-corrected chi connectivity index (χ3v) is 4.44. The molecule has 1 fully saturated rings. The van der Waals surface area contributed by atoms with Gasteiger partial charge in [0.25, 0.3) is 0 Å². The number of rotatable bonds is 3. The lowest BCUT2D eigenvalue weighted by Crippen LogP contribution is -2.65. The predicted molar refractivity (Wildman–Crippen MR) is 84.8 cm³/mol. The molecule has 21 heavy (non-hydrogen) atoms. The molecule has 1 aromatic rings. The molecule has 2 rings (SSSR count). The molecule has 1 N–H and O–H groups in total. The topological polar surface area (TPSA) is 49.4 Å². The summed E-state index contributed by atoms with van der Waals surface area (Å²) in [4.78, 5) is 26.5. The van der Waals surface area contributed by atoms with Crippen molar-refractivity contribution in [2.75, 3.05) is 4.90 Å². The Balaban J connectivity index is 2.55. The van der Waals surface area contributed by atoms with Gasteiger partial charge in [-0.2, -0.15) is 0 Å². The molecule has 6 heteroatoms. The second-order valence-corrected chi connectivity index (χ2v) is 6.22. The zero-order chi connectivity index (χ0) is 15.7. The van der Waals surface area contributed by atoms with Crippen molar-refractivity contribution >= 4 is 40.7 Å². The highest BCUT2D eigenvalue weighted by Gasteiger charge is 2.42. The monoisotopic (exact) mass is 328 g/mol. The number of benzene rings is 1. The van der Waals surface area contributed by atoms with E-state index in [1.54, 1.807) is 18.2 Å². The second kappa shape index (κ2) is 6.24. The van der Waals surface area contributed by atoms with E-state index < -0.39 is 12.1 Å². The Labute approximate surface area is 134 Å². The predicted octanol–water partition coefficient (Wildman–Crippen LogP) is 3.26. The normalized spacial score (nSPS) is 22.7. The minimum Gasteiger partial charge on any atom is -0.342 e. The van der Waals surface area contributed by atoms with Crippen LogP contribution in [0.15, 0.2) is 18.2 Å². The third kappa shape index (κ3) is 2.87. The highest BCUT2D eigenvalue weighted by Crippen LogP contribution is 2.36. The fourth-order valence-electron chi connectivity index (χ4n) is 2.57. The summed E-state index contributed by atoms with van der Waals surface area (Å²) in [6.45, 7) is 5.65. The number of carbonyl (C=O) groups excluding carboxylic acids is 2. The van der Waals surface area contributed by atoms with Gasteiger partial charge < -0.3 is 5.32 Å². The molecule has 1 heterocycles. The molecule has 1 aromatic carbocycles. The molecule has 2 atom stereocenters. The molecule has 4 nitrogen and oxygen atoms in total. The first-order valence-electron chi connectivity index (χ1n) is 6.96. The molecule has 1 saturated heterocycles. The van der Waals surface area contributed by atoms with E-state index in [0.717, 1.165) is 0 Å². The van der Waals surface area contributed by atoms with Crippen LogP contribution in [0, 0.1) is 5.92 Å². The van der Waals surface area contributed by atoms with Crippen LogP contribution in [0.3, 0.4) is 0 Å². The third-order valence-electron chi connectivity index (χ3n) is 3.63. The van der Waals surface area contributed by atoms with Gasteiger partial charge in [0.15, 0.2) is 0 Å². The number of anilines is 1. The summed E-state index contributed by atoms with van der Waals surface area (Å²) in [7, 11) is 0. The molecule has 0 saturated carbocycles. The molecule has 0 radical (unpaired) electrons. The largest absolute Gasteiger partial charge is 0.342 e. The standard InChI is InChI=1S/C15H18Cl2N2O2/c1-4-10-15(21)19(13(8(2)3)14(20)18-10)11-7-5-6-9(16)12(11)17/h5-8,10,13H,4H2,1-3H3,(H,18,20). The first-order chi connectivity index (χ1) is 9.88. The van der Waals surface area contributed by atoms with Crippen LogP contribution in [0.25, 0.3) is 0 Å². The summed E-state index contributed by atoms with van der Waals surface area (Å²) in [5.41, 5.74) is 0.487. The lowest BCUT2D eigenvalue weighted by Gasteiger charge is -2.41. The minimum absolute atomic E-state index is 0.0400. The van der Waals surface area contributed by atoms with Gasteiger partial charge >= 0.3 is 0 Å². The first kappa shape index (κ1) is 16.1. The van der Waals surface area contributed by atoms with E-state index in [2.05, 4.69) is 5.32 Å². The van der Waals surface area contributed by atoms with Crippen molar-refractivity contribution in [1.82, 2.24) is 5.32 Å². The molecular weight excluding hydrogens is 311 g/mol. The highest BCUT2D eigenvalue weighted by atomic mass is 35.5. The fraction of sp³-hybridized carbons (Fsp3) is 0.467. The summed E-state index contributed by atoms with van der Waals surface area (Å²) in [5, 5.41) is 3.43. The van der Waals surface area contributed by atoms with Crippen LogP contribution in [0.4, 0.5) is 5.69 Å². The number of nitrogens with zero attached hydrogens (tertiary/aromatic N) is 1. The van der Waals surface area contributed by atoms with Crippen LogP contribution in [0.2, 0.25) is 10.0 Å². The van der Waals surface area contributed by atoms with Crippen LogP contribution in [0.5, 0.6) is 0 Å². The quantitative estimate of drug-likeness (QED) is 0.925. The van der Waals surface area contributed by atoms with E-state index in [4.69, 9.17) is 23.2 Å². The van der Waals surface area contributed by atoms with Gasteiger partial charge in [-0.05, 0) is 24.5 Å². The molecule has 1 aliphatic heterocycles. The van der Waals surface area contributed by atoms with Crippen molar-refractivity contribution in [3.8, 4) is 0 Å². The molecule has 1 aliphatic rings. The summed E-state index contributed by atoms with van der Waals surface area (Å²) >= 11 is 12.3. The Kier molecular flexibility index (Phi) is 4.79. The van der Waals surface area contributed by atoms with Crippen molar-refractivity contribution in [3.63, 3.8) is 0 Å². The molecule has 0 aliphatic carbocycles. The highest BCUT2D eigenvalue weighted by molar-refractivity contribution is 6.44. The number of amides is 2. The molecule has 114 valence electrons. The Hall–Kier alpha value is -1.26. The average molecular weight is 329 g/mol. The van der Waals surface area contributed by atoms with Crippen molar-refractivity contribution in [2.24, 2.45) is 5.92 Å². The van der Waals surface area contributed by atoms with E-state index in [9.17, 15) is 9.59 Å². The van der Waals surface area contributed by atoms with Crippen molar-refractivity contribution in [2.45, 2.75) is 39.3 Å². The SMILES string of the molecule is CCC1NC(=O)C(C(C)C)N(c2cccc(Cl)c2Cl)C1=O. The minimum atomic E-state index is -0.587. The number of halogens is 2. The van der Waals surface area contributed by atoms with E-state index in [0.29, 0.717) is 22.2 Å². The van der Waals surface area contributed by atoms with E-state index in [-0.39, 0.29) is 17.7 Å². The van der Waals surface area contributed by atoms with Gasteiger partial charge in [-0.1, -0.05) is 50.0 Å². The van der Waals surface area contributed by atoms with Crippen molar-refractivity contribution in [1.29, 1.82) is 0 Å². The van der Waals surface area contributed by atoms with Crippen LogP contribution in [0.1, 0.15) is 27.2 Å². The summed E-state index contributed by atoms with van der Waals surface area (Å²) in [6, 6.07) is 3.98. The van der Waals surface area contributed by atoms with Gasteiger partial charge in [0.2, 0.25) is 11.8 Å². The maximum Gasteiger partial charge on any atom is 0.250 e. The summed E-state index contributed by atoms with van der Waals surface area (Å²) < 4.78 is 0. The zero-order valence-corrected chi connectivity index (χ0v) is 13.7. The fourth-order valence-corrected chi connectivity index (χ4v) is 2.95. The van der Waals surface area contributed by atoms with E-state index >= 15 is 0 Å². The Bertz CT molecular complexity index is 575. The Morgan fingerprint density at radius 1 is 1.29 bits per heavy atom. The van der Waals surface area contributed by atoms with Gasteiger partial charge in [0.05, 0.1) is 15.7 Å². The Morgan fingerprint density at radius 2 is 1.95 bits per heavy atom. The van der Waals surface area contributed by atoms with Gasteiger partial charge in [0, 0.05) is 0 Å². The Morgan fingerprint density at radius 3 is 2.52 bits per heavy atom. The van der Waals surface area contributed by atoms with Gasteiger partial charge in [-0.25, -0.2) is 0 Å². The van der Waals surface area contributed by atoms with Crippen LogP contribution in [-0.4, -0.2) is 23.9 Å². The molecule has 0 bridgehead atoms. The van der Waals surface area contributed by atoms with Crippen LogP contribution in [-0.2, 0) is 9.59 Å². The number of piperazine rings is 1. The van der Waals surface area contributed by atoms with Gasteiger partial charge in [0.1, 0.15) is 12.1 Å². The maximum atomic E-state index is 12.7. The number of carbonyl (C=O) groups is 2. The second-order valence-electron chi connectivity index (χ2n) is 5.44. The lowest BCUT2D eigenvalue weighted by atomic mass is 9.95. The van der Waals surface area contributed by atoms with Crippen LogP contribution >= 0.6 is 23.2 Å².